The molecule has 2 aromatic rings. The minimum absolute atomic E-state index is 0.720. The molecule has 5 heteroatoms. The first-order valence-corrected chi connectivity index (χ1v) is 8.62. The molecule has 1 N–H and O–H groups in total. The highest BCUT2D eigenvalue weighted by molar-refractivity contribution is 6.31. The third kappa shape index (κ3) is 5.53. The Morgan fingerprint density at radius 2 is 2.04 bits per heavy atom. The van der Waals surface area contributed by atoms with E-state index in [2.05, 4.69) is 28.2 Å². The first kappa shape index (κ1) is 18.3. The summed E-state index contributed by atoms with van der Waals surface area (Å²) in [5.41, 5.74) is 3.33. The molecule has 0 aliphatic carbocycles. The van der Waals surface area contributed by atoms with Gasteiger partial charge in [-0.3, -0.25) is 9.98 Å². The second-order valence-electron chi connectivity index (χ2n) is 5.74. The lowest BCUT2D eigenvalue weighted by Crippen LogP contribution is -2.38. The van der Waals surface area contributed by atoms with Crippen LogP contribution in [0.25, 0.3) is 0 Å². The Hall–Kier alpha value is -2.07. The topological polar surface area (TPSA) is 40.5 Å². The standard InChI is InChI=1S/C19H25ClN4/c1-4-21-19(22-12-11-16-10-9-15(2)23-13-16)24(3)14-17-7-5-6-8-18(17)20/h5-10,13H,4,11-12,14H2,1-3H3,(H,21,22). The van der Waals surface area contributed by atoms with Crippen molar-refractivity contribution in [2.24, 2.45) is 4.99 Å². The summed E-state index contributed by atoms with van der Waals surface area (Å²) in [4.78, 5) is 11.1. The Kier molecular flexibility index (Phi) is 7.07. The van der Waals surface area contributed by atoms with Gasteiger partial charge in [0, 0.05) is 43.6 Å². The number of aryl methyl sites for hydroxylation is 1. The highest BCUT2D eigenvalue weighted by atomic mass is 35.5. The van der Waals surface area contributed by atoms with Gasteiger partial charge in [-0.15, -0.1) is 0 Å². The van der Waals surface area contributed by atoms with Crippen LogP contribution in [0.15, 0.2) is 47.6 Å². The average molecular weight is 345 g/mol. The van der Waals surface area contributed by atoms with Gasteiger partial charge in [-0.1, -0.05) is 35.9 Å². The summed E-state index contributed by atoms with van der Waals surface area (Å²) in [5.74, 6) is 0.887. The van der Waals surface area contributed by atoms with Gasteiger partial charge < -0.3 is 10.2 Å². The van der Waals surface area contributed by atoms with E-state index in [0.29, 0.717) is 0 Å². The van der Waals surface area contributed by atoms with Crippen molar-refractivity contribution in [3.63, 3.8) is 0 Å². The highest BCUT2D eigenvalue weighted by Gasteiger charge is 2.08. The third-order valence-electron chi connectivity index (χ3n) is 3.70. The van der Waals surface area contributed by atoms with Crippen molar-refractivity contribution in [2.75, 3.05) is 20.1 Å². The SMILES string of the molecule is CCNC(=NCCc1ccc(C)nc1)N(C)Cc1ccccc1Cl. The molecule has 0 bridgehead atoms. The summed E-state index contributed by atoms with van der Waals surface area (Å²) in [6, 6.07) is 12.1. The van der Waals surface area contributed by atoms with Gasteiger partial charge in [0.15, 0.2) is 5.96 Å². The number of rotatable bonds is 6. The van der Waals surface area contributed by atoms with Crippen LogP contribution in [0.4, 0.5) is 0 Å². The molecule has 128 valence electrons. The number of pyridine rings is 1. The third-order valence-corrected chi connectivity index (χ3v) is 4.07. The predicted molar refractivity (Wildman–Crippen MR) is 102 cm³/mol. The van der Waals surface area contributed by atoms with Crippen molar-refractivity contribution in [3.05, 3.63) is 64.4 Å². The molecule has 0 amide bonds. The zero-order valence-electron chi connectivity index (χ0n) is 14.6. The fourth-order valence-electron chi connectivity index (χ4n) is 2.36. The van der Waals surface area contributed by atoms with E-state index < -0.39 is 0 Å². The fourth-order valence-corrected chi connectivity index (χ4v) is 2.56. The molecule has 0 saturated carbocycles. The molecule has 1 heterocycles. The maximum absolute atomic E-state index is 6.25. The number of nitrogens with one attached hydrogen (secondary N) is 1. The van der Waals surface area contributed by atoms with Gasteiger partial charge in [0.05, 0.1) is 0 Å². The second kappa shape index (κ2) is 9.28. The number of aliphatic imine (C=N–C) groups is 1. The van der Waals surface area contributed by atoms with Gasteiger partial charge in [-0.2, -0.15) is 0 Å². The maximum Gasteiger partial charge on any atom is 0.193 e. The summed E-state index contributed by atoms with van der Waals surface area (Å²) >= 11 is 6.25. The molecule has 1 aromatic heterocycles. The smallest absolute Gasteiger partial charge is 0.193 e. The Labute approximate surface area is 149 Å². The van der Waals surface area contributed by atoms with Crippen LogP contribution in [-0.4, -0.2) is 36.0 Å². The molecular formula is C19H25ClN4. The van der Waals surface area contributed by atoms with Crippen molar-refractivity contribution in [1.82, 2.24) is 15.2 Å². The van der Waals surface area contributed by atoms with Crippen molar-refractivity contribution in [3.8, 4) is 0 Å². The Bertz CT molecular complexity index is 667. The van der Waals surface area contributed by atoms with Crippen LogP contribution in [0.1, 0.15) is 23.7 Å². The van der Waals surface area contributed by atoms with Crippen LogP contribution in [0.2, 0.25) is 5.02 Å². The molecule has 0 aliphatic heterocycles. The lowest BCUT2D eigenvalue weighted by atomic mass is 10.2. The van der Waals surface area contributed by atoms with Gasteiger partial charge in [0.1, 0.15) is 0 Å². The minimum atomic E-state index is 0.720. The van der Waals surface area contributed by atoms with E-state index in [1.165, 1.54) is 5.56 Å². The molecule has 1 aromatic carbocycles. The molecule has 24 heavy (non-hydrogen) atoms. The number of guanidine groups is 1. The Morgan fingerprint density at radius 1 is 1.25 bits per heavy atom. The Morgan fingerprint density at radius 3 is 2.71 bits per heavy atom. The lowest BCUT2D eigenvalue weighted by molar-refractivity contribution is 0.477. The number of halogens is 1. The summed E-state index contributed by atoms with van der Waals surface area (Å²) < 4.78 is 0. The zero-order valence-corrected chi connectivity index (χ0v) is 15.3. The normalized spacial score (nSPS) is 11.4. The summed E-state index contributed by atoms with van der Waals surface area (Å²) in [7, 11) is 2.03. The number of hydrogen-bond acceptors (Lipinski definition) is 2. The largest absolute Gasteiger partial charge is 0.357 e. The first-order chi connectivity index (χ1) is 11.6. The number of nitrogens with zero attached hydrogens (tertiary/aromatic N) is 3. The van der Waals surface area contributed by atoms with Crippen molar-refractivity contribution >= 4 is 17.6 Å². The van der Waals surface area contributed by atoms with Gasteiger partial charge in [-0.05, 0) is 43.5 Å². The molecule has 0 saturated heterocycles. The quantitative estimate of drug-likeness (QED) is 0.642. The van der Waals surface area contributed by atoms with E-state index in [0.717, 1.165) is 48.3 Å². The molecule has 2 rings (SSSR count). The zero-order chi connectivity index (χ0) is 17.4. The van der Waals surface area contributed by atoms with Gasteiger partial charge >= 0.3 is 0 Å². The minimum Gasteiger partial charge on any atom is -0.357 e. The monoisotopic (exact) mass is 344 g/mol. The van der Waals surface area contributed by atoms with Gasteiger partial charge in [-0.25, -0.2) is 0 Å². The number of benzene rings is 1. The van der Waals surface area contributed by atoms with Crippen LogP contribution in [0, 0.1) is 6.92 Å². The number of aromatic nitrogens is 1. The fraction of sp³-hybridized carbons (Fsp3) is 0.368. The molecule has 0 atom stereocenters. The van der Waals surface area contributed by atoms with E-state index in [1.54, 1.807) is 0 Å². The molecule has 0 aliphatic rings. The predicted octanol–water partition coefficient (Wildman–Crippen LogP) is 3.68. The van der Waals surface area contributed by atoms with E-state index in [1.807, 2.05) is 50.5 Å². The second-order valence-corrected chi connectivity index (χ2v) is 6.15. The average Bonchev–Trinajstić information content (AvgIpc) is 2.58. The van der Waals surface area contributed by atoms with Crippen LogP contribution in [0.5, 0.6) is 0 Å². The molecule has 0 radical (unpaired) electrons. The molecular weight excluding hydrogens is 320 g/mol. The van der Waals surface area contributed by atoms with E-state index >= 15 is 0 Å². The number of hydrogen-bond donors (Lipinski definition) is 1. The Balaban J connectivity index is 1.98. The van der Waals surface area contributed by atoms with E-state index in [9.17, 15) is 0 Å². The van der Waals surface area contributed by atoms with Gasteiger partial charge in [0.25, 0.3) is 0 Å². The van der Waals surface area contributed by atoms with Gasteiger partial charge in [0.2, 0.25) is 0 Å². The van der Waals surface area contributed by atoms with Crippen molar-refractivity contribution in [2.45, 2.75) is 26.8 Å². The van der Waals surface area contributed by atoms with Crippen molar-refractivity contribution in [1.29, 1.82) is 0 Å². The summed E-state index contributed by atoms with van der Waals surface area (Å²) in [6.45, 7) is 6.34. The summed E-state index contributed by atoms with van der Waals surface area (Å²) in [5, 5.41) is 4.12. The maximum atomic E-state index is 6.25. The lowest BCUT2D eigenvalue weighted by Gasteiger charge is -2.22. The molecule has 4 nitrogen and oxygen atoms in total. The summed E-state index contributed by atoms with van der Waals surface area (Å²) in [6.07, 6.45) is 2.80. The van der Waals surface area contributed by atoms with Crippen molar-refractivity contribution < 1.29 is 0 Å². The molecule has 0 unspecified atom stereocenters. The first-order valence-electron chi connectivity index (χ1n) is 8.24. The molecule has 0 fully saturated rings. The van der Waals surface area contributed by atoms with Crippen LogP contribution in [0.3, 0.4) is 0 Å². The van der Waals surface area contributed by atoms with Crippen LogP contribution < -0.4 is 5.32 Å². The van der Waals surface area contributed by atoms with E-state index in [-0.39, 0.29) is 0 Å². The van der Waals surface area contributed by atoms with Crippen LogP contribution in [-0.2, 0) is 13.0 Å². The van der Waals surface area contributed by atoms with Crippen LogP contribution >= 0.6 is 11.6 Å². The molecule has 0 spiro atoms. The van der Waals surface area contributed by atoms with E-state index in [4.69, 9.17) is 16.6 Å². The highest BCUT2D eigenvalue weighted by Crippen LogP contribution is 2.16.